The fourth-order valence-electron chi connectivity index (χ4n) is 8.09. The van der Waals surface area contributed by atoms with E-state index in [1.165, 1.54) is 13.8 Å². The zero-order valence-electron chi connectivity index (χ0n) is 50.6. The number of primary amides is 1. The Labute approximate surface area is 503 Å². The van der Waals surface area contributed by atoms with Crippen molar-refractivity contribution in [2.45, 2.75) is 193 Å². The summed E-state index contributed by atoms with van der Waals surface area (Å²) in [4.78, 5) is 201. The van der Waals surface area contributed by atoms with Crippen molar-refractivity contribution in [3.05, 3.63) is 0 Å². The van der Waals surface area contributed by atoms with Crippen LogP contribution in [0.25, 0.3) is 0 Å². The molecule has 10 atom stereocenters. The maximum atomic E-state index is 13.9. The van der Waals surface area contributed by atoms with Crippen LogP contribution >= 0.6 is 0 Å². The SMILES string of the molecule is CC(=O)O.CC(C)C[C@H](NC(=O)CNC(=O)[C@@H](NC(=O)CNC(=O)[C@H](CCC(=O)O)NC(=O)[C@H](C)NC(=O)[C@H](C)NC(=O)[C@@H]1CCCN1)C(C)C)C(=O)N[C@H](C(=O)N[C@@H](CCCCN)C(=O)N[C@@H](CCC(N)=O)C(=O)N[C@@H](CC(=O)O)C(=O)O)C(C)C. The van der Waals surface area contributed by atoms with E-state index in [1.54, 1.807) is 41.5 Å². The number of carbonyl (C=O) groups is 16. The van der Waals surface area contributed by atoms with E-state index < -0.39 is 212 Å². The van der Waals surface area contributed by atoms with Crippen LogP contribution in [0.1, 0.15) is 133 Å². The van der Waals surface area contributed by atoms with Gasteiger partial charge >= 0.3 is 17.9 Å². The van der Waals surface area contributed by atoms with E-state index in [-0.39, 0.29) is 31.7 Å². The molecule has 0 bridgehead atoms. The summed E-state index contributed by atoms with van der Waals surface area (Å²) in [6, 6.07) is -13.1. The molecule has 0 aromatic carbocycles. The highest BCUT2D eigenvalue weighted by Crippen LogP contribution is 2.12. The van der Waals surface area contributed by atoms with Crippen molar-refractivity contribution in [3.63, 3.8) is 0 Å². The smallest absolute Gasteiger partial charge is 0.326 e. The fraction of sp³-hybridized carbons (Fsp3) is 0.698. The van der Waals surface area contributed by atoms with Crippen molar-refractivity contribution < 1.29 is 97.1 Å². The lowest BCUT2D eigenvalue weighted by atomic mass is 9.99. The van der Waals surface area contributed by atoms with Crippen LogP contribution in [0.3, 0.4) is 0 Å². The molecule has 1 aliphatic rings. The third-order valence-corrected chi connectivity index (χ3v) is 12.8. The van der Waals surface area contributed by atoms with Crippen LogP contribution in [-0.2, 0) is 76.7 Å². The second-order valence-electron chi connectivity index (χ2n) is 21.7. The summed E-state index contributed by atoms with van der Waals surface area (Å²) in [6.07, 6.45) is -0.939. The third-order valence-electron chi connectivity index (χ3n) is 12.8. The van der Waals surface area contributed by atoms with Gasteiger partial charge in [-0.2, -0.15) is 0 Å². The number of carbonyl (C=O) groups excluding carboxylic acids is 12. The molecule has 34 nitrogen and oxygen atoms in total. The number of carboxylic acid groups (broad SMARTS) is 4. The lowest BCUT2D eigenvalue weighted by Crippen LogP contribution is -2.60. The largest absolute Gasteiger partial charge is 0.481 e. The highest BCUT2D eigenvalue weighted by atomic mass is 16.4. The predicted molar refractivity (Wildman–Crippen MR) is 306 cm³/mol. The van der Waals surface area contributed by atoms with Gasteiger partial charge in [0.05, 0.1) is 25.6 Å². The lowest BCUT2D eigenvalue weighted by molar-refractivity contribution is -0.147. The van der Waals surface area contributed by atoms with Crippen LogP contribution in [0.15, 0.2) is 0 Å². The maximum absolute atomic E-state index is 13.9. The molecular formula is C53H90N14O20. The summed E-state index contributed by atoms with van der Waals surface area (Å²) < 4.78 is 0. The molecule has 1 aliphatic heterocycles. The number of nitrogens with two attached hydrogens (primary N) is 2. The summed E-state index contributed by atoms with van der Waals surface area (Å²) in [5.74, 6) is -17.2. The van der Waals surface area contributed by atoms with Gasteiger partial charge in [0.1, 0.15) is 54.4 Å². The Morgan fingerprint density at radius 3 is 1.45 bits per heavy atom. The molecule has 492 valence electrons. The third kappa shape index (κ3) is 33.1. The van der Waals surface area contributed by atoms with E-state index in [0.29, 0.717) is 19.4 Å². The molecule has 1 heterocycles. The highest BCUT2D eigenvalue weighted by Gasteiger charge is 2.36. The van der Waals surface area contributed by atoms with E-state index in [1.807, 2.05) is 5.32 Å². The van der Waals surface area contributed by atoms with Gasteiger partial charge < -0.3 is 95.7 Å². The van der Waals surface area contributed by atoms with Gasteiger partial charge in [-0.25, -0.2) is 4.79 Å². The number of nitrogens with one attached hydrogen (secondary N) is 12. The molecule has 34 heteroatoms. The average molecular weight is 1240 g/mol. The molecule has 1 saturated heterocycles. The van der Waals surface area contributed by atoms with Gasteiger partial charge in [0.15, 0.2) is 0 Å². The summed E-state index contributed by atoms with van der Waals surface area (Å²) in [5, 5.41) is 64.8. The first-order valence-electron chi connectivity index (χ1n) is 28.4. The Hall–Kier alpha value is -8.56. The van der Waals surface area contributed by atoms with Gasteiger partial charge in [-0.15, -0.1) is 0 Å². The molecule has 0 aromatic heterocycles. The summed E-state index contributed by atoms with van der Waals surface area (Å²) in [6.45, 7) is 12.9. The fourth-order valence-corrected chi connectivity index (χ4v) is 8.09. The van der Waals surface area contributed by atoms with Crippen molar-refractivity contribution in [2.75, 3.05) is 26.2 Å². The van der Waals surface area contributed by atoms with Gasteiger partial charge in [0, 0.05) is 19.8 Å². The minimum Gasteiger partial charge on any atom is -0.481 e. The van der Waals surface area contributed by atoms with E-state index in [4.69, 9.17) is 26.5 Å². The Balaban J connectivity index is 0.0000179. The average Bonchev–Trinajstić information content (AvgIpc) is 4.04. The van der Waals surface area contributed by atoms with Crippen LogP contribution in [0.5, 0.6) is 0 Å². The van der Waals surface area contributed by atoms with Gasteiger partial charge in [0.2, 0.25) is 70.9 Å². The number of carboxylic acids is 4. The van der Waals surface area contributed by atoms with E-state index in [9.17, 15) is 82.1 Å². The van der Waals surface area contributed by atoms with E-state index in [0.717, 1.165) is 13.3 Å². The normalized spacial score (nSPS) is 15.7. The zero-order valence-corrected chi connectivity index (χ0v) is 50.6. The molecule has 1 rings (SSSR count). The second-order valence-corrected chi connectivity index (χ2v) is 21.7. The number of rotatable bonds is 39. The molecule has 0 aromatic rings. The van der Waals surface area contributed by atoms with Gasteiger partial charge in [-0.05, 0) is 96.1 Å². The summed E-state index contributed by atoms with van der Waals surface area (Å²) in [7, 11) is 0. The standard InChI is InChI=1S/C51H86N14O18.C2H4O2/c1-24(2)20-33(48(79)65-41(26(5)6)50(81)62-30(12-9-10-18-52)46(77)61-32(14-16-35(53)66)47(78)63-34(51(82)83)21-39(71)72)59-36(67)22-56-49(80)40(25(3)4)64-37(68)23-55-44(75)31(15-17-38(69)70)60-43(74)28(8)57-42(73)27(7)58-45(76)29-13-11-19-54-29;1-2(3)4/h24-34,40-41,54H,9-23,52H2,1-8H3,(H2,53,66)(H,55,75)(H,56,80)(H,57,73)(H,58,76)(H,59,67)(H,60,74)(H,61,77)(H,62,81)(H,63,78)(H,64,68)(H,65,79)(H,69,70)(H,71,72)(H,82,83);1H3,(H,3,4)/t27-,28-,29-,30-,31-,32-,33-,34-,40-,41-;/m0./s1. The van der Waals surface area contributed by atoms with Crippen molar-refractivity contribution in [1.82, 2.24) is 63.8 Å². The van der Waals surface area contributed by atoms with Crippen LogP contribution in [0, 0.1) is 17.8 Å². The van der Waals surface area contributed by atoms with E-state index in [2.05, 4.69) is 58.5 Å². The molecule has 20 N–H and O–H groups in total. The number of hydrogen-bond donors (Lipinski definition) is 18. The van der Waals surface area contributed by atoms with Crippen molar-refractivity contribution >= 4 is 94.8 Å². The quantitative estimate of drug-likeness (QED) is 0.0256. The topological polar surface area (TPSA) is 550 Å². The molecule has 0 aliphatic carbocycles. The first-order chi connectivity index (χ1) is 40.5. The minimum atomic E-state index is -1.91. The molecule has 0 unspecified atom stereocenters. The van der Waals surface area contributed by atoms with Gasteiger partial charge in [-0.3, -0.25) is 71.9 Å². The summed E-state index contributed by atoms with van der Waals surface area (Å²) >= 11 is 0. The zero-order chi connectivity index (χ0) is 66.8. The molecule has 87 heavy (non-hydrogen) atoms. The number of unbranched alkanes of at least 4 members (excludes halogenated alkanes) is 1. The van der Waals surface area contributed by atoms with Crippen LogP contribution < -0.4 is 75.3 Å². The van der Waals surface area contributed by atoms with Gasteiger partial charge in [-0.1, -0.05) is 41.5 Å². The van der Waals surface area contributed by atoms with Crippen LogP contribution in [0.4, 0.5) is 0 Å². The number of aliphatic carboxylic acids is 4. The molecule has 0 spiro atoms. The molecule has 12 amide bonds. The molecule has 0 radical (unpaired) electrons. The Morgan fingerprint density at radius 2 is 0.954 bits per heavy atom. The molecule has 0 saturated carbocycles. The summed E-state index contributed by atoms with van der Waals surface area (Å²) in [5.41, 5.74) is 10.9. The van der Waals surface area contributed by atoms with Gasteiger partial charge in [0.25, 0.3) is 5.97 Å². The monoisotopic (exact) mass is 1240 g/mol. The predicted octanol–water partition coefficient (Wildman–Crippen LogP) is -5.36. The highest BCUT2D eigenvalue weighted by molar-refractivity contribution is 5.99. The van der Waals surface area contributed by atoms with Crippen LogP contribution in [-0.4, -0.2) is 202 Å². The molecular weight excluding hydrogens is 1150 g/mol. The lowest BCUT2D eigenvalue weighted by Gasteiger charge is -2.28. The van der Waals surface area contributed by atoms with Crippen molar-refractivity contribution in [2.24, 2.45) is 29.2 Å². The molecule has 1 fully saturated rings. The Kier molecular flexibility index (Phi) is 36.7. The van der Waals surface area contributed by atoms with E-state index >= 15 is 0 Å². The number of amides is 12. The maximum Gasteiger partial charge on any atom is 0.326 e. The van der Waals surface area contributed by atoms with Crippen molar-refractivity contribution in [3.8, 4) is 0 Å². The first kappa shape index (κ1) is 78.4. The minimum absolute atomic E-state index is 0.0254. The van der Waals surface area contributed by atoms with Crippen LogP contribution in [0.2, 0.25) is 0 Å². The second kappa shape index (κ2) is 40.7. The Bertz CT molecular complexity index is 2420. The first-order valence-corrected chi connectivity index (χ1v) is 28.4. The number of hydrogen-bond acceptors (Lipinski definition) is 18. The van der Waals surface area contributed by atoms with Crippen molar-refractivity contribution in [1.29, 1.82) is 0 Å². The Morgan fingerprint density at radius 1 is 0.494 bits per heavy atom.